The molecule has 0 amide bonds. The van der Waals surface area contributed by atoms with Crippen LogP contribution in [0.1, 0.15) is 50.7 Å². The van der Waals surface area contributed by atoms with E-state index in [0.29, 0.717) is 6.54 Å². The van der Waals surface area contributed by atoms with Crippen LogP contribution in [-0.4, -0.2) is 74.1 Å². The molecule has 0 aliphatic carbocycles. The van der Waals surface area contributed by atoms with Gasteiger partial charge in [0.1, 0.15) is 24.9 Å². The summed E-state index contributed by atoms with van der Waals surface area (Å²) in [6, 6.07) is 2.99. The summed E-state index contributed by atoms with van der Waals surface area (Å²) in [5.41, 5.74) is -0.520. The van der Waals surface area contributed by atoms with Crippen LogP contribution in [0.4, 0.5) is 0 Å². The fourth-order valence-corrected chi connectivity index (χ4v) is 4.95. The minimum absolute atomic E-state index is 0.0712. The summed E-state index contributed by atoms with van der Waals surface area (Å²) in [7, 11) is 1.51. The van der Waals surface area contributed by atoms with Gasteiger partial charge < -0.3 is 28.3 Å². The lowest BCUT2D eigenvalue weighted by Gasteiger charge is -2.21. The van der Waals surface area contributed by atoms with Crippen LogP contribution in [0.5, 0.6) is 0 Å². The Morgan fingerprint density at radius 2 is 1.70 bits per heavy atom. The molecule has 16 heteroatoms. The molecule has 4 rings (SSSR count). The van der Waals surface area contributed by atoms with Crippen LogP contribution in [-0.2, 0) is 58.2 Å². The lowest BCUT2D eigenvalue weighted by Crippen LogP contribution is -2.48. The van der Waals surface area contributed by atoms with Gasteiger partial charge in [0.05, 0.1) is 12.9 Å². The summed E-state index contributed by atoms with van der Waals surface area (Å²) in [5.74, 6) is -2.71. The summed E-state index contributed by atoms with van der Waals surface area (Å²) >= 11 is 0. The number of aromatic nitrogens is 5. The minimum Gasteiger partial charge on any atom is -0.463 e. The van der Waals surface area contributed by atoms with E-state index >= 15 is 0 Å². The van der Waals surface area contributed by atoms with Gasteiger partial charge in [0.15, 0.2) is 29.7 Å². The van der Waals surface area contributed by atoms with E-state index < -0.39 is 59.7 Å². The maximum Gasteiger partial charge on any atom is 0.344 e. The van der Waals surface area contributed by atoms with Crippen molar-refractivity contribution in [3.63, 3.8) is 0 Å². The quantitative estimate of drug-likeness (QED) is 0.157. The zero-order chi connectivity index (χ0) is 32.1. The number of imidazole rings is 1. The highest BCUT2D eigenvalue weighted by Gasteiger charge is 2.54. The Morgan fingerprint density at radius 3 is 2.36 bits per heavy atom. The maximum absolute atomic E-state index is 13.1. The number of carbonyl (C=O) groups excluding carboxylic acids is 4. The Hall–Kier alpha value is -4.86. The van der Waals surface area contributed by atoms with Crippen molar-refractivity contribution in [3.05, 3.63) is 57.3 Å². The molecule has 3 aromatic heterocycles. The number of aryl methyl sites for hydroxylation is 2. The number of esters is 4. The Kier molecular flexibility index (Phi) is 9.93. The van der Waals surface area contributed by atoms with Crippen LogP contribution in [0, 0.1) is 0 Å². The van der Waals surface area contributed by atoms with Crippen molar-refractivity contribution in [1.29, 1.82) is 0 Å². The number of rotatable bonds is 11. The maximum atomic E-state index is 13.1. The molecule has 236 valence electrons. The predicted octanol–water partition coefficient (Wildman–Crippen LogP) is -0.225. The van der Waals surface area contributed by atoms with Gasteiger partial charge >= 0.3 is 35.8 Å². The third-order valence-electron chi connectivity index (χ3n) is 6.81. The SMILES string of the molecule is CCCn1cnc2c1c(=O)n(CCOC(=O)c1ccc[n+]([C@@H]3O[C@H](COC(C)=O)[C@@H](OC(C)=O)[C@H]3OC(C)=O)c1)c(=O)n2C. The van der Waals surface area contributed by atoms with Gasteiger partial charge in [-0.05, 0) is 12.5 Å². The van der Waals surface area contributed by atoms with Crippen molar-refractivity contribution in [3.8, 4) is 0 Å². The molecular formula is C28H34N5O11+. The second kappa shape index (κ2) is 13.6. The molecule has 0 aromatic carbocycles. The molecule has 4 heterocycles. The molecule has 16 nitrogen and oxygen atoms in total. The monoisotopic (exact) mass is 616 g/mol. The van der Waals surface area contributed by atoms with Crippen molar-refractivity contribution >= 4 is 35.0 Å². The van der Waals surface area contributed by atoms with Gasteiger partial charge in [-0.2, -0.15) is 4.57 Å². The molecular weight excluding hydrogens is 582 g/mol. The van der Waals surface area contributed by atoms with E-state index in [0.717, 1.165) is 11.0 Å². The normalized spacial score (nSPS) is 19.5. The Bertz CT molecular complexity index is 1690. The number of carbonyl (C=O) groups is 4. The summed E-state index contributed by atoms with van der Waals surface area (Å²) in [6.07, 6.45) is 0.871. The second-order valence-corrected chi connectivity index (χ2v) is 10.1. The van der Waals surface area contributed by atoms with E-state index in [1.165, 1.54) is 67.8 Å². The van der Waals surface area contributed by atoms with Crippen LogP contribution in [0.3, 0.4) is 0 Å². The Balaban J connectivity index is 1.53. The third kappa shape index (κ3) is 6.85. The van der Waals surface area contributed by atoms with Crippen molar-refractivity contribution in [2.75, 3.05) is 13.2 Å². The van der Waals surface area contributed by atoms with Crippen LogP contribution in [0.25, 0.3) is 11.2 Å². The second-order valence-electron chi connectivity index (χ2n) is 10.1. The number of nitrogens with zero attached hydrogens (tertiary/aromatic N) is 5. The Morgan fingerprint density at radius 1 is 1.00 bits per heavy atom. The summed E-state index contributed by atoms with van der Waals surface area (Å²) in [5, 5.41) is 0. The summed E-state index contributed by atoms with van der Waals surface area (Å²) < 4.78 is 32.6. The molecule has 0 N–H and O–H groups in total. The van der Waals surface area contributed by atoms with E-state index in [1.54, 1.807) is 4.57 Å². The summed E-state index contributed by atoms with van der Waals surface area (Å²) in [4.78, 5) is 78.3. The largest absolute Gasteiger partial charge is 0.463 e. The van der Waals surface area contributed by atoms with Gasteiger partial charge in [0, 0.05) is 40.4 Å². The topological polar surface area (TPSA) is 180 Å². The molecule has 1 fully saturated rings. The van der Waals surface area contributed by atoms with Crippen LogP contribution < -0.4 is 15.8 Å². The minimum atomic E-state index is -1.15. The first-order valence-corrected chi connectivity index (χ1v) is 13.9. The zero-order valence-corrected chi connectivity index (χ0v) is 25.0. The average molecular weight is 617 g/mol. The van der Waals surface area contributed by atoms with Crippen LogP contribution in [0.2, 0.25) is 0 Å². The zero-order valence-electron chi connectivity index (χ0n) is 25.0. The molecule has 1 aliphatic heterocycles. The molecule has 0 unspecified atom stereocenters. The molecule has 0 bridgehead atoms. The number of hydrogen-bond donors (Lipinski definition) is 0. The first-order chi connectivity index (χ1) is 20.9. The van der Waals surface area contributed by atoms with Gasteiger partial charge in [-0.25, -0.2) is 14.6 Å². The van der Waals surface area contributed by atoms with E-state index in [2.05, 4.69) is 4.98 Å². The van der Waals surface area contributed by atoms with Gasteiger partial charge in [-0.15, -0.1) is 0 Å². The van der Waals surface area contributed by atoms with Crippen molar-refractivity contribution in [1.82, 2.24) is 18.7 Å². The molecule has 1 aliphatic rings. The number of fused-ring (bicyclic) bond motifs is 1. The van der Waals surface area contributed by atoms with Crippen molar-refractivity contribution < 1.29 is 47.4 Å². The predicted molar refractivity (Wildman–Crippen MR) is 148 cm³/mol. The highest BCUT2D eigenvalue weighted by Crippen LogP contribution is 2.31. The number of hydrogen-bond acceptors (Lipinski definition) is 12. The van der Waals surface area contributed by atoms with E-state index in [-0.39, 0.29) is 36.5 Å². The first-order valence-electron chi connectivity index (χ1n) is 13.9. The molecule has 44 heavy (non-hydrogen) atoms. The number of ether oxygens (including phenoxy) is 5. The van der Waals surface area contributed by atoms with Gasteiger partial charge in [-0.3, -0.25) is 28.3 Å². The van der Waals surface area contributed by atoms with Crippen molar-refractivity contribution in [2.45, 2.75) is 71.7 Å². The Labute approximate surface area is 250 Å². The van der Waals surface area contributed by atoms with E-state index in [1.807, 2.05) is 6.92 Å². The molecule has 0 spiro atoms. The van der Waals surface area contributed by atoms with Crippen LogP contribution in [0.15, 0.2) is 40.4 Å². The van der Waals surface area contributed by atoms with Gasteiger partial charge in [-0.1, -0.05) is 6.92 Å². The highest BCUT2D eigenvalue weighted by molar-refractivity contribution is 5.88. The molecule has 3 aromatic rings. The fraction of sp³-hybridized carbons (Fsp3) is 0.500. The highest BCUT2D eigenvalue weighted by atomic mass is 16.7. The first kappa shape index (κ1) is 32.1. The van der Waals surface area contributed by atoms with E-state index in [4.69, 9.17) is 23.7 Å². The number of pyridine rings is 1. The van der Waals surface area contributed by atoms with E-state index in [9.17, 15) is 28.8 Å². The van der Waals surface area contributed by atoms with Crippen molar-refractivity contribution in [2.24, 2.45) is 7.05 Å². The molecule has 0 radical (unpaired) electrons. The lowest BCUT2D eigenvalue weighted by molar-refractivity contribution is -0.765. The van der Waals surface area contributed by atoms with Gasteiger partial charge in [0.25, 0.3) is 5.56 Å². The fourth-order valence-electron chi connectivity index (χ4n) is 4.95. The average Bonchev–Trinajstić information content (AvgIpc) is 3.54. The summed E-state index contributed by atoms with van der Waals surface area (Å²) in [6.45, 7) is 5.28. The smallest absolute Gasteiger partial charge is 0.344 e. The standard InChI is InChI=1S/C28H34N5O11/c1-6-9-32-15-29-24-21(32)25(37)33(28(39)30(24)5)11-12-40-27(38)19-8-7-10-31(13-19)26-23(43-18(4)36)22(42-17(3)35)20(44-26)14-41-16(2)34/h7-8,10,13,15,20,22-23,26H,6,9,11-12,14H2,1-5H3/q+1/t20-,22-,23-,26-/m1/s1. The third-order valence-corrected chi connectivity index (χ3v) is 6.81. The molecule has 1 saturated heterocycles. The molecule has 0 saturated carbocycles. The molecule has 4 atom stereocenters. The lowest BCUT2D eigenvalue weighted by atomic mass is 10.1. The van der Waals surface area contributed by atoms with Gasteiger partial charge in [0.2, 0.25) is 6.10 Å². The van der Waals surface area contributed by atoms with Crippen LogP contribution >= 0.6 is 0 Å².